The number of rotatable bonds is 10. The molecule has 0 bridgehead atoms. The van der Waals surface area contributed by atoms with Crippen molar-refractivity contribution >= 4 is 0 Å². The van der Waals surface area contributed by atoms with E-state index in [2.05, 4.69) is 51.2 Å². The van der Waals surface area contributed by atoms with Gasteiger partial charge in [-0.2, -0.15) is 0 Å². The summed E-state index contributed by atoms with van der Waals surface area (Å²) in [6, 6.07) is 6.96. The molecule has 2 unspecified atom stereocenters. The van der Waals surface area contributed by atoms with Crippen molar-refractivity contribution in [2.45, 2.75) is 65.8 Å². The van der Waals surface area contributed by atoms with Crippen LogP contribution in [-0.2, 0) is 0 Å². The molecule has 1 aromatic carbocycles. The van der Waals surface area contributed by atoms with E-state index in [1.807, 2.05) is 0 Å². The van der Waals surface area contributed by atoms with E-state index in [1.54, 1.807) is 7.11 Å². The summed E-state index contributed by atoms with van der Waals surface area (Å²) >= 11 is 0. The van der Waals surface area contributed by atoms with Gasteiger partial charge >= 0.3 is 0 Å². The standard InChI is InChI=1S/C19H33NO/c1-6-9-10-16(8-3)19(20-13-7-2)18-12-11-17(21-5)14-15(18)4/h11-12,14,16,19-20H,6-10,13H2,1-5H3. The first-order valence-electron chi connectivity index (χ1n) is 8.55. The van der Waals surface area contributed by atoms with Crippen molar-refractivity contribution in [3.63, 3.8) is 0 Å². The molecular weight excluding hydrogens is 258 g/mol. The lowest BCUT2D eigenvalue weighted by molar-refractivity contribution is 0.322. The van der Waals surface area contributed by atoms with Crippen LogP contribution in [0, 0.1) is 12.8 Å². The Hall–Kier alpha value is -1.02. The van der Waals surface area contributed by atoms with Crippen LogP contribution in [0.3, 0.4) is 0 Å². The van der Waals surface area contributed by atoms with Crippen LogP contribution in [0.2, 0.25) is 0 Å². The molecule has 0 aliphatic heterocycles. The van der Waals surface area contributed by atoms with Gasteiger partial charge in [0, 0.05) is 6.04 Å². The molecule has 2 heteroatoms. The largest absolute Gasteiger partial charge is 0.497 e. The Kier molecular flexibility index (Phi) is 8.44. The first kappa shape index (κ1) is 18.0. The number of aryl methyl sites for hydroxylation is 1. The maximum Gasteiger partial charge on any atom is 0.119 e. The van der Waals surface area contributed by atoms with Gasteiger partial charge in [0.05, 0.1) is 7.11 Å². The highest BCUT2D eigenvalue weighted by atomic mass is 16.5. The molecule has 1 rings (SSSR count). The average Bonchev–Trinajstić information content (AvgIpc) is 2.51. The second-order valence-corrected chi connectivity index (χ2v) is 5.96. The molecule has 0 radical (unpaired) electrons. The molecule has 0 aliphatic rings. The third kappa shape index (κ3) is 5.35. The molecule has 2 nitrogen and oxygen atoms in total. The zero-order chi connectivity index (χ0) is 15.7. The van der Waals surface area contributed by atoms with Gasteiger partial charge in [-0.05, 0) is 55.5 Å². The molecule has 0 amide bonds. The van der Waals surface area contributed by atoms with Gasteiger partial charge in [0.25, 0.3) is 0 Å². The monoisotopic (exact) mass is 291 g/mol. The smallest absolute Gasteiger partial charge is 0.119 e. The second-order valence-electron chi connectivity index (χ2n) is 5.96. The summed E-state index contributed by atoms with van der Waals surface area (Å²) < 4.78 is 5.34. The molecule has 2 atom stereocenters. The highest BCUT2D eigenvalue weighted by Gasteiger charge is 2.22. The molecule has 0 aliphatic carbocycles. The maximum atomic E-state index is 5.34. The van der Waals surface area contributed by atoms with Gasteiger partial charge in [0.15, 0.2) is 0 Å². The van der Waals surface area contributed by atoms with Crippen LogP contribution in [0.4, 0.5) is 0 Å². The predicted molar refractivity (Wildman–Crippen MR) is 92.1 cm³/mol. The van der Waals surface area contributed by atoms with E-state index in [0.29, 0.717) is 12.0 Å². The SMILES string of the molecule is CCCCC(CC)C(NCCC)c1ccc(OC)cc1C. The van der Waals surface area contributed by atoms with E-state index in [9.17, 15) is 0 Å². The highest BCUT2D eigenvalue weighted by molar-refractivity contribution is 5.37. The molecule has 0 spiro atoms. The van der Waals surface area contributed by atoms with Gasteiger partial charge in [-0.3, -0.25) is 0 Å². The highest BCUT2D eigenvalue weighted by Crippen LogP contribution is 2.32. The van der Waals surface area contributed by atoms with E-state index in [0.717, 1.165) is 12.3 Å². The van der Waals surface area contributed by atoms with Gasteiger partial charge in [0.1, 0.15) is 5.75 Å². The first-order chi connectivity index (χ1) is 10.2. The quantitative estimate of drug-likeness (QED) is 0.635. The summed E-state index contributed by atoms with van der Waals surface area (Å²) in [5, 5.41) is 3.78. The normalized spacial score (nSPS) is 14.0. The first-order valence-corrected chi connectivity index (χ1v) is 8.55. The molecule has 1 N–H and O–H groups in total. The van der Waals surface area contributed by atoms with Crippen molar-refractivity contribution in [2.24, 2.45) is 5.92 Å². The van der Waals surface area contributed by atoms with Crippen LogP contribution in [0.5, 0.6) is 5.75 Å². The number of hydrogen-bond acceptors (Lipinski definition) is 2. The molecule has 0 aromatic heterocycles. The van der Waals surface area contributed by atoms with Crippen molar-refractivity contribution in [2.75, 3.05) is 13.7 Å². The van der Waals surface area contributed by atoms with Gasteiger partial charge in [-0.15, -0.1) is 0 Å². The Labute approximate surface area is 131 Å². The fourth-order valence-corrected chi connectivity index (χ4v) is 3.03. The number of hydrogen-bond donors (Lipinski definition) is 1. The molecule has 21 heavy (non-hydrogen) atoms. The summed E-state index contributed by atoms with van der Waals surface area (Å²) in [4.78, 5) is 0. The molecule has 0 heterocycles. The average molecular weight is 291 g/mol. The minimum absolute atomic E-state index is 0.465. The van der Waals surface area contributed by atoms with Crippen LogP contribution in [0.15, 0.2) is 18.2 Å². The Morgan fingerprint density at radius 1 is 1.14 bits per heavy atom. The van der Waals surface area contributed by atoms with Crippen LogP contribution < -0.4 is 10.1 Å². The topological polar surface area (TPSA) is 21.3 Å². The van der Waals surface area contributed by atoms with Crippen molar-refractivity contribution < 1.29 is 4.74 Å². The summed E-state index contributed by atoms with van der Waals surface area (Å²) in [6.45, 7) is 10.1. The van der Waals surface area contributed by atoms with E-state index in [4.69, 9.17) is 4.74 Å². The van der Waals surface area contributed by atoms with Gasteiger partial charge in [-0.25, -0.2) is 0 Å². The van der Waals surface area contributed by atoms with Crippen LogP contribution in [-0.4, -0.2) is 13.7 Å². The molecule has 120 valence electrons. The number of methoxy groups -OCH3 is 1. The van der Waals surface area contributed by atoms with Crippen molar-refractivity contribution in [3.05, 3.63) is 29.3 Å². The van der Waals surface area contributed by atoms with Gasteiger partial charge < -0.3 is 10.1 Å². The third-order valence-corrected chi connectivity index (χ3v) is 4.35. The summed E-state index contributed by atoms with van der Waals surface area (Å²) in [5.74, 6) is 1.66. The molecule has 0 saturated carbocycles. The van der Waals surface area contributed by atoms with Crippen LogP contribution in [0.1, 0.15) is 70.0 Å². The second kappa shape index (κ2) is 9.83. The Bertz CT molecular complexity index is 403. The fourth-order valence-electron chi connectivity index (χ4n) is 3.03. The van der Waals surface area contributed by atoms with E-state index in [-0.39, 0.29) is 0 Å². The molecule has 1 aromatic rings. The third-order valence-electron chi connectivity index (χ3n) is 4.35. The minimum atomic E-state index is 0.465. The van der Waals surface area contributed by atoms with E-state index < -0.39 is 0 Å². The van der Waals surface area contributed by atoms with Crippen molar-refractivity contribution in [3.8, 4) is 5.75 Å². The lowest BCUT2D eigenvalue weighted by Crippen LogP contribution is -2.29. The summed E-state index contributed by atoms with van der Waals surface area (Å²) in [6.07, 6.45) is 6.30. The Morgan fingerprint density at radius 2 is 1.90 bits per heavy atom. The van der Waals surface area contributed by atoms with E-state index in [1.165, 1.54) is 43.2 Å². The molecule has 0 saturated heterocycles. The van der Waals surface area contributed by atoms with Gasteiger partial charge in [0.2, 0.25) is 0 Å². The number of nitrogens with one attached hydrogen (secondary N) is 1. The maximum absolute atomic E-state index is 5.34. The molecule has 0 fully saturated rings. The van der Waals surface area contributed by atoms with Gasteiger partial charge in [-0.1, -0.05) is 46.1 Å². The lowest BCUT2D eigenvalue weighted by Gasteiger charge is -2.29. The fraction of sp³-hybridized carbons (Fsp3) is 0.684. The minimum Gasteiger partial charge on any atom is -0.497 e. The molecular formula is C19H33NO. The number of unbranched alkanes of at least 4 members (excludes halogenated alkanes) is 1. The number of benzene rings is 1. The summed E-state index contributed by atoms with van der Waals surface area (Å²) in [7, 11) is 1.73. The van der Waals surface area contributed by atoms with Crippen LogP contribution >= 0.6 is 0 Å². The van der Waals surface area contributed by atoms with E-state index >= 15 is 0 Å². The zero-order valence-electron chi connectivity index (χ0n) is 14.5. The van der Waals surface area contributed by atoms with Crippen LogP contribution in [0.25, 0.3) is 0 Å². The number of ether oxygens (including phenoxy) is 1. The lowest BCUT2D eigenvalue weighted by atomic mass is 9.85. The predicted octanol–water partition coefficient (Wildman–Crippen LogP) is 5.26. The van der Waals surface area contributed by atoms with Crippen molar-refractivity contribution in [1.29, 1.82) is 0 Å². The zero-order valence-corrected chi connectivity index (χ0v) is 14.5. The Morgan fingerprint density at radius 3 is 2.43 bits per heavy atom. The Balaban J connectivity index is 2.99. The summed E-state index contributed by atoms with van der Waals surface area (Å²) in [5.41, 5.74) is 2.77. The van der Waals surface area contributed by atoms with Crippen molar-refractivity contribution in [1.82, 2.24) is 5.32 Å².